The van der Waals surface area contributed by atoms with Crippen molar-refractivity contribution in [2.75, 3.05) is 24.8 Å². The Balaban J connectivity index is 2.18. The molecule has 0 saturated heterocycles. The molecule has 0 atom stereocenters. The van der Waals surface area contributed by atoms with Gasteiger partial charge in [-0.3, -0.25) is 4.79 Å². The molecule has 0 aliphatic rings. The van der Waals surface area contributed by atoms with E-state index in [2.05, 4.69) is 10.6 Å². The van der Waals surface area contributed by atoms with Gasteiger partial charge >= 0.3 is 0 Å². The van der Waals surface area contributed by atoms with Crippen molar-refractivity contribution in [2.24, 2.45) is 0 Å². The number of benzene rings is 2. The molecule has 0 radical (unpaired) electrons. The summed E-state index contributed by atoms with van der Waals surface area (Å²) in [6, 6.07) is 12.2. The molecule has 0 fully saturated rings. The highest BCUT2D eigenvalue weighted by atomic mass is 35.5. The van der Waals surface area contributed by atoms with Crippen LogP contribution < -0.4 is 15.4 Å². The summed E-state index contributed by atoms with van der Waals surface area (Å²) in [5.41, 5.74) is 2.00. The molecule has 20 heavy (non-hydrogen) atoms. The Morgan fingerprint density at radius 1 is 1.15 bits per heavy atom. The van der Waals surface area contributed by atoms with Crippen LogP contribution in [0.4, 0.5) is 11.4 Å². The zero-order valence-corrected chi connectivity index (χ0v) is 12.0. The summed E-state index contributed by atoms with van der Waals surface area (Å²) in [5.74, 6) is 0.502. The van der Waals surface area contributed by atoms with Gasteiger partial charge in [0.25, 0.3) is 5.91 Å². The van der Waals surface area contributed by atoms with Gasteiger partial charge in [-0.25, -0.2) is 0 Å². The summed E-state index contributed by atoms with van der Waals surface area (Å²) < 4.78 is 5.19. The van der Waals surface area contributed by atoms with Gasteiger partial charge in [-0.1, -0.05) is 11.6 Å². The van der Waals surface area contributed by atoms with E-state index in [9.17, 15) is 4.79 Å². The number of hydrogen-bond acceptors (Lipinski definition) is 3. The molecular weight excluding hydrogens is 276 g/mol. The number of ether oxygens (including phenoxy) is 1. The SMILES string of the molecule is CNc1cc(C(=O)Nc2ccc(Cl)cc2)ccc1OC. The number of carbonyl (C=O) groups excluding carboxylic acids is 1. The minimum absolute atomic E-state index is 0.188. The zero-order chi connectivity index (χ0) is 14.5. The predicted octanol–water partition coefficient (Wildman–Crippen LogP) is 3.64. The third-order valence-electron chi connectivity index (χ3n) is 2.83. The Morgan fingerprint density at radius 3 is 2.45 bits per heavy atom. The second-order valence-electron chi connectivity index (χ2n) is 4.13. The molecule has 2 rings (SSSR count). The normalized spacial score (nSPS) is 9.95. The van der Waals surface area contributed by atoms with Gasteiger partial charge < -0.3 is 15.4 Å². The average Bonchev–Trinajstić information content (AvgIpc) is 2.48. The molecule has 5 heteroatoms. The van der Waals surface area contributed by atoms with Gasteiger partial charge in [0, 0.05) is 23.3 Å². The highest BCUT2D eigenvalue weighted by Crippen LogP contribution is 2.25. The summed E-state index contributed by atoms with van der Waals surface area (Å²) in [5, 5.41) is 6.43. The first-order valence-electron chi connectivity index (χ1n) is 6.06. The Hall–Kier alpha value is -2.20. The Bertz CT molecular complexity index is 612. The van der Waals surface area contributed by atoms with E-state index in [1.807, 2.05) is 0 Å². The fraction of sp³-hybridized carbons (Fsp3) is 0.133. The van der Waals surface area contributed by atoms with Crippen molar-refractivity contribution in [3.8, 4) is 5.75 Å². The van der Waals surface area contributed by atoms with E-state index >= 15 is 0 Å². The summed E-state index contributed by atoms with van der Waals surface area (Å²) >= 11 is 5.80. The quantitative estimate of drug-likeness (QED) is 0.904. The van der Waals surface area contributed by atoms with Gasteiger partial charge in [0.15, 0.2) is 0 Å². The smallest absolute Gasteiger partial charge is 0.255 e. The molecule has 2 aromatic rings. The van der Waals surface area contributed by atoms with Crippen LogP contribution in [0.15, 0.2) is 42.5 Å². The van der Waals surface area contributed by atoms with E-state index in [4.69, 9.17) is 16.3 Å². The number of methoxy groups -OCH3 is 1. The minimum atomic E-state index is -0.188. The Kier molecular flexibility index (Phi) is 4.48. The predicted molar refractivity (Wildman–Crippen MR) is 81.9 cm³/mol. The van der Waals surface area contributed by atoms with Crippen molar-refractivity contribution in [3.05, 3.63) is 53.1 Å². The van der Waals surface area contributed by atoms with Crippen LogP contribution in [0.25, 0.3) is 0 Å². The molecule has 0 unspecified atom stereocenters. The summed E-state index contributed by atoms with van der Waals surface area (Å²) in [6.07, 6.45) is 0. The molecule has 0 saturated carbocycles. The van der Waals surface area contributed by atoms with Crippen LogP contribution in [0.5, 0.6) is 5.75 Å². The molecule has 104 valence electrons. The summed E-state index contributed by atoms with van der Waals surface area (Å²) in [4.78, 5) is 12.2. The van der Waals surface area contributed by atoms with Gasteiger partial charge in [-0.05, 0) is 42.5 Å². The number of nitrogens with one attached hydrogen (secondary N) is 2. The molecule has 0 bridgehead atoms. The van der Waals surface area contributed by atoms with Crippen LogP contribution in [0.1, 0.15) is 10.4 Å². The number of hydrogen-bond donors (Lipinski definition) is 2. The lowest BCUT2D eigenvalue weighted by molar-refractivity contribution is 0.102. The lowest BCUT2D eigenvalue weighted by Crippen LogP contribution is -2.12. The standard InChI is InChI=1S/C15H15ClN2O2/c1-17-13-9-10(3-8-14(13)20-2)15(19)18-12-6-4-11(16)5-7-12/h3-9,17H,1-2H3,(H,18,19). The Morgan fingerprint density at radius 2 is 1.85 bits per heavy atom. The van der Waals surface area contributed by atoms with Crippen LogP contribution in [0.3, 0.4) is 0 Å². The van der Waals surface area contributed by atoms with Crippen molar-refractivity contribution in [2.45, 2.75) is 0 Å². The summed E-state index contributed by atoms with van der Waals surface area (Å²) in [6.45, 7) is 0. The van der Waals surface area contributed by atoms with Crippen LogP contribution >= 0.6 is 11.6 Å². The van der Waals surface area contributed by atoms with Gasteiger partial charge in [-0.15, -0.1) is 0 Å². The highest BCUT2D eigenvalue weighted by molar-refractivity contribution is 6.30. The second kappa shape index (κ2) is 6.30. The third kappa shape index (κ3) is 3.22. The monoisotopic (exact) mass is 290 g/mol. The van der Waals surface area contributed by atoms with Gasteiger partial charge in [0.1, 0.15) is 5.75 Å². The van der Waals surface area contributed by atoms with Crippen molar-refractivity contribution in [1.29, 1.82) is 0 Å². The average molecular weight is 291 g/mol. The van der Waals surface area contributed by atoms with Crippen LogP contribution in [0, 0.1) is 0 Å². The van der Waals surface area contributed by atoms with Gasteiger partial charge in [0.2, 0.25) is 0 Å². The third-order valence-corrected chi connectivity index (χ3v) is 3.09. The number of halogens is 1. The topological polar surface area (TPSA) is 50.4 Å². The van der Waals surface area contributed by atoms with E-state index < -0.39 is 0 Å². The number of anilines is 2. The lowest BCUT2D eigenvalue weighted by atomic mass is 10.1. The van der Waals surface area contributed by atoms with Crippen molar-refractivity contribution >= 4 is 28.9 Å². The van der Waals surface area contributed by atoms with E-state index in [-0.39, 0.29) is 5.91 Å². The molecular formula is C15H15ClN2O2. The van der Waals surface area contributed by atoms with Crippen molar-refractivity contribution < 1.29 is 9.53 Å². The molecule has 2 aromatic carbocycles. The second-order valence-corrected chi connectivity index (χ2v) is 4.56. The van der Waals surface area contributed by atoms with Crippen LogP contribution in [-0.2, 0) is 0 Å². The van der Waals surface area contributed by atoms with Gasteiger partial charge in [0.05, 0.1) is 12.8 Å². The molecule has 4 nitrogen and oxygen atoms in total. The molecule has 0 heterocycles. The Labute approximate surface area is 122 Å². The van der Waals surface area contributed by atoms with E-state index in [0.29, 0.717) is 22.0 Å². The fourth-order valence-corrected chi connectivity index (χ4v) is 1.91. The first-order chi connectivity index (χ1) is 9.63. The van der Waals surface area contributed by atoms with Crippen molar-refractivity contribution in [3.63, 3.8) is 0 Å². The van der Waals surface area contributed by atoms with E-state index in [1.54, 1.807) is 56.6 Å². The maximum absolute atomic E-state index is 12.2. The highest BCUT2D eigenvalue weighted by Gasteiger charge is 2.09. The molecule has 2 N–H and O–H groups in total. The zero-order valence-electron chi connectivity index (χ0n) is 11.2. The lowest BCUT2D eigenvalue weighted by Gasteiger charge is -2.10. The molecule has 0 aliphatic carbocycles. The van der Waals surface area contributed by atoms with Crippen molar-refractivity contribution in [1.82, 2.24) is 0 Å². The molecule has 1 amide bonds. The largest absolute Gasteiger partial charge is 0.495 e. The van der Waals surface area contributed by atoms with Crippen LogP contribution in [-0.4, -0.2) is 20.1 Å². The summed E-state index contributed by atoms with van der Waals surface area (Å²) in [7, 11) is 3.36. The fourth-order valence-electron chi connectivity index (χ4n) is 1.78. The number of rotatable bonds is 4. The molecule has 0 aliphatic heterocycles. The first-order valence-corrected chi connectivity index (χ1v) is 6.44. The molecule has 0 spiro atoms. The maximum Gasteiger partial charge on any atom is 0.255 e. The van der Waals surface area contributed by atoms with E-state index in [1.165, 1.54) is 0 Å². The number of carbonyl (C=O) groups is 1. The first kappa shape index (κ1) is 14.2. The maximum atomic E-state index is 12.2. The van der Waals surface area contributed by atoms with Gasteiger partial charge in [-0.2, -0.15) is 0 Å². The minimum Gasteiger partial charge on any atom is -0.495 e. The number of amides is 1. The molecule has 0 aromatic heterocycles. The van der Waals surface area contributed by atoms with E-state index in [0.717, 1.165) is 5.69 Å². The van der Waals surface area contributed by atoms with Crippen LogP contribution in [0.2, 0.25) is 5.02 Å².